The molecule has 0 fully saturated rings. The number of hydrogen-bond donors (Lipinski definition) is 1. The predicted molar refractivity (Wildman–Crippen MR) is 86.4 cm³/mol. The minimum Gasteiger partial charge on any atom is -0.493 e. The van der Waals surface area contributed by atoms with Crippen LogP contribution >= 0.6 is 0 Å². The second-order valence-electron chi connectivity index (χ2n) is 5.26. The van der Waals surface area contributed by atoms with Gasteiger partial charge in [-0.2, -0.15) is 0 Å². The molecule has 0 saturated heterocycles. The van der Waals surface area contributed by atoms with E-state index in [0.29, 0.717) is 0 Å². The number of benzene rings is 2. The second-order valence-corrected chi connectivity index (χ2v) is 5.26. The van der Waals surface area contributed by atoms with Crippen molar-refractivity contribution in [2.24, 2.45) is 0 Å². The molecular weight excluding hydrogens is 262 g/mol. The topological polar surface area (TPSA) is 30.5 Å². The van der Waals surface area contributed by atoms with Gasteiger partial charge < -0.3 is 14.8 Å². The molecule has 2 aromatic carbocycles. The van der Waals surface area contributed by atoms with Crippen LogP contribution in [0.5, 0.6) is 11.5 Å². The maximum absolute atomic E-state index is 5.40. The number of nitrogens with one attached hydrogen (secondary N) is 1. The summed E-state index contributed by atoms with van der Waals surface area (Å²) in [7, 11) is 5.28. The molecule has 3 heteroatoms. The summed E-state index contributed by atoms with van der Waals surface area (Å²) < 4.78 is 10.7. The quantitative estimate of drug-likeness (QED) is 0.910. The lowest BCUT2D eigenvalue weighted by molar-refractivity contribution is 0.354. The molecule has 3 nitrogen and oxygen atoms in total. The summed E-state index contributed by atoms with van der Waals surface area (Å²) >= 11 is 0. The fourth-order valence-corrected chi connectivity index (χ4v) is 2.73. The number of methoxy groups -OCH3 is 2. The second kappa shape index (κ2) is 6.64. The third kappa shape index (κ3) is 3.37. The summed E-state index contributed by atoms with van der Waals surface area (Å²) in [5.74, 6) is 1.50. The molecule has 0 aliphatic rings. The lowest BCUT2D eigenvalue weighted by atomic mass is 9.95. The number of rotatable bonds is 5. The van der Waals surface area contributed by atoms with Crippen LogP contribution in [0.25, 0.3) is 0 Å². The first-order valence-electron chi connectivity index (χ1n) is 7.06. The lowest BCUT2D eigenvalue weighted by Crippen LogP contribution is -2.18. The first-order chi connectivity index (χ1) is 10.1. The lowest BCUT2D eigenvalue weighted by Gasteiger charge is -2.20. The van der Waals surface area contributed by atoms with E-state index in [0.717, 1.165) is 17.1 Å². The smallest absolute Gasteiger partial charge is 0.161 e. The van der Waals surface area contributed by atoms with Crippen molar-refractivity contribution in [1.82, 2.24) is 5.32 Å². The van der Waals surface area contributed by atoms with Gasteiger partial charge in [-0.3, -0.25) is 0 Å². The summed E-state index contributed by atoms with van der Waals surface area (Å²) in [5.41, 5.74) is 4.94. The van der Waals surface area contributed by atoms with Gasteiger partial charge in [0.2, 0.25) is 0 Å². The van der Waals surface area contributed by atoms with Crippen molar-refractivity contribution < 1.29 is 9.47 Å². The van der Waals surface area contributed by atoms with Crippen molar-refractivity contribution in [2.45, 2.75) is 19.9 Å². The SMILES string of the molecule is CNC(c1cc(C)cc(C)c1)c1ccc(OC)c(OC)c1. The molecule has 2 aromatic rings. The van der Waals surface area contributed by atoms with Gasteiger partial charge in [-0.1, -0.05) is 35.4 Å². The molecule has 0 bridgehead atoms. The van der Waals surface area contributed by atoms with E-state index in [2.05, 4.69) is 43.4 Å². The van der Waals surface area contributed by atoms with Crippen molar-refractivity contribution in [3.05, 3.63) is 58.7 Å². The summed E-state index contributed by atoms with van der Waals surface area (Å²) in [4.78, 5) is 0. The van der Waals surface area contributed by atoms with Gasteiger partial charge in [0.25, 0.3) is 0 Å². The van der Waals surface area contributed by atoms with E-state index in [1.165, 1.54) is 16.7 Å². The molecule has 21 heavy (non-hydrogen) atoms. The van der Waals surface area contributed by atoms with Gasteiger partial charge in [0, 0.05) is 0 Å². The van der Waals surface area contributed by atoms with Crippen LogP contribution in [0, 0.1) is 13.8 Å². The van der Waals surface area contributed by atoms with Gasteiger partial charge in [-0.05, 0) is 44.2 Å². The standard InChI is InChI=1S/C18H23NO2/c1-12-8-13(2)10-15(9-12)18(19-3)14-6-7-16(20-4)17(11-14)21-5/h6-11,18-19H,1-5H3. The minimum atomic E-state index is 0.128. The molecule has 0 amide bonds. The molecule has 0 spiro atoms. The normalized spacial score (nSPS) is 12.0. The Morgan fingerprint density at radius 3 is 1.95 bits per heavy atom. The molecule has 1 N–H and O–H groups in total. The predicted octanol–water partition coefficient (Wildman–Crippen LogP) is 3.63. The molecule has 0 heterocycles. The molecule has 0 saturated carbocycles. The van der Waals surface area contributed by atoms with Crippen LogP contribution in [0.1, 0.15) is 28.3 Å². The molecule has 0 aromatic heterocycles. The van der Waals surface area contributed by atoms with Crippen LogP contribution in [-0.4, -0.2) is 21.3 Å². The van der Waals surface area contributed by atoms with Gasteiger partial charge in [-0.15, -0.1) is 0 Å². The highest BCUT2D eigenvalue weighted by Crippen LogP contribution is 2.32. The Balaban J connectivity index is 2.45. The molecule has 2 rings (SSSR count). The van der Waals surface area contributed by atoms with E-state index in [1.807, 2.05) is 19.2 Å². The fraction of sp³-hybridized carbons (Fsp3) is 0.333. The van der Waals surface area contributed by atoms with Gasteiger partial charge in [0.05, 0.1) is 20.3 Å². The zero-order chi connectivity index (χ0) is 15.4. The number of ether oxygens (including phenoxy) is 2. The molecule has 1 atom stereocenters. The summed E-state index contributed by atoms with van der Waals surface area (Å²) in [5, 5.41) is 3.38. The van der Waals surface area contributed by atoms with Crippen LogP contribution < -0.4 is 14.8 Å². The van der Waals surface area contributed by atoms with Gasteiger partial charge in [-0.25, -0.2) is 0 Å². The largest absolute Gasteiger partial charge is 0.493 e. The highest BCUT2D eigenvalue weighted by Gasteiger charge is 2.15. The van der Waals surface area contributed by atoms with Crippen molar-refractivity contribution in [1.29, 1.82) is 0 Å². The Kier molecular flexibility index (Phi) is 4.86. The molecular formula is C18H23NO2. The Morgan fingerprint density at radius 1 is 0.810 bits per heavy atom. The number of aryl methyl sites for hydroxylation is 2. The van der Waals surface area contributed by atoms with E-state index in [9.17, 15) is 0 Å². The highest BCUT2D eigenvalue weighted by molar-refractivity contribution is 5.46. The Bertz CT molecular complexity index is 602. The van der Waals surface area contributed by atoms with Gasteiger partial charge in [0.15, 0.2) is 11.5 Å². The first-order valence-corrected chi connectivity index (χ1v) is 7.06. The monoisotopic (exact) mass is 285 g/mol. The zero-order valence-corrected chi connectivity index (χ0v) is 13.4. The third-order valence-electron chi connectivity index (χ3n) is 3.61. The van der Waals surface area contributed by atoms with Crippen LogP contribution in [0.15, 0.2) is 36.4 Å². The maximum Gasteiger partial charge on any atom is 0.161 e. The van der Waals surface area contributed by atoms with E-state index in [-0.39, 0.29) is 6.04 Å². The maximum atomic E-state index is 5.40. The number of hydrogen-bond acceptors (Lipinski definition) is 3. The Morgan fingerprint density at radius 2 is 1.43 bits per heavy atom. The first kappa shape index (κ1) is 15.4. The zero-order valence-electron chi connectivity index (χ0n) is 13.4. The van der Waals surface area contributed by atoms with Crippen LogP contribution in [0.2, 0.25) is 0 Å². The Labute approximate surface area is 126 Å². The van der Waals surface area contributed by atoms with E-state index in [4.69, 9.17) is 9.47 Å². The molecule has 112 valence electrons. The van der Waals surface area contributed by atoms with E-state index >= 15 is 0 Å². The highest BCUT2D eigenvalue weighted by atomic mass is 16.5. The van der Waals surface area contributed by atoms with Crippen molar-refractivity contribution in [3.63, 3.8) is 0 Å². The van der Waals surface area contributed by atoms with Crippen molar-refractivity contribution >= 4 is 0 Å². The third-order valence-corrected chi connectivity index (χ3v) is 3.61. The van der Waals surface area contributed by atoms with E-state index in [1.54, 1.807) is 14.2 Å². The van der Waals surface area contributed by atoms with Gasteiger partial charge in [0.1, 0.15) is 0 Å². The van der Waals surface area contributed by atoms with Crippen LogP contribution in [0.4, 0.5) is 0 Å². The van der Waals surface area contributed by atoms with Gasteiger partial charge >= 0.3 is 0 Å². The molecule has 0 aliphatic heterocycles. The summed E-state index contributed by atoms with van der Waals surface area (Å²) in [6, 6.07) is 12.8. The van der Waals surface area contributed by atoms with Crippen LogP contribution in [0.3, 0.4) is 0 Å². The van der Waals surface area contributed by atoms with E-state index < -0.39 is 0 Å². The van der Waals surface area contributed by atoms with Crippen LogP contribution in [-0.2, 0) is 0 Å². The summed E-state index contributed by atoms with van der Waals surface area (Å²) in [6.45, 7) is 4.25. The minimum absolute atomic E-state index is 0.128. The average molecular weight is 285 g/mol. The molecule has 0 aliphatic carbocycles. The van der Waals surface area contributed by atoms with Crippen molar-refractivity contribution in [2.75, 3.05) is 21.3 Å². The summed E-state index contributed by atoms with van der Waals surface area (Å²) in [6.07, 6.45) is 0. The molecule has 0 radical (unpaired) electrons. The van der Waals surface area contributed by atoms with Crippen molar-refractivity contribution in [3.8, 4) is 11.5 Å². The molecule has 1 unspecified atom stereocenters. The average Bonchev–Trinajstić information content (AvgIpc) is 2.46. The Hall–Kier alpha value is -2.00. The fourth-order valence-electron chi connectivity index (χ4n) is 2.73.